The Bertz CT molecular complexity index is 414. The first-order chi connectivity index (χ1) is 7.20. The van der Waals surface area contributed by atoms with Crippen molar-refractivity contribution in [3.05, 3.63) is 22.7 Å². The van der Waals surface area contributed by atoms with Crippen molar-refractivity contribution < 1.29 is 42.6 Å². The molecule has 85 valence electrons. The average Bonchev–Trinajstić information content (AvgIpc) is 2.66. The SMILES string of the molecule is Nc1[c-]cn([C@@H]2CSC(CO)O2)c(=O)n1.[Y]. The molecule has 8 heteroatoms. The second-order valence-electron chi connectivity index (χ2n) is 3.00. The molecule has 1 aliphatic rings. The molecule has 0 bridgehead atoms. The van der Waals surface area contributed by atoms with Crippen LogP contribution in [0.2, 0.25) is 0 Å². The standard InChI is InChI=1S/C8H10N3O3S.Y/c9-5-1-2-11(8(13)10-5)6-4-15-7(3-12)14-6;/h2,6-7,12H,3-4H2,(H2,9,10,13);/q-1;/t6-,7?;/m0./s1. The number of aliphatic hydroxyl groups excluding tert-OH is 1. The quantitative estimate of drug-likeness (QED) is 0.695. The van der Waals surface area contributed by atoms with Crippen LogP contribution < -0.4 is 11.4 Å². The summed E-state index contributed by atoms with van der Waals surface area (Å²) < 4.78 is 6.71. The van der Waals surface area contributed by atoms with Gasteiger partial charge < -0.3 is 26.2 Å². The molecule has 1 fully saturated rings. The maximum atomic E-state index is 11.4. The molecule has 1 aromatic rings. The smallest absolute Gasteiger partial charge is 0.346 e. The van der Waals surface area contributed by atoms with Crippen molar-refractivity contribution in [3.63, 3.8) is 0 Å². The van der Waals surface area contributed by atoms with Crippen LogP contribution >= 0.6 is 11.8 Å². The third-order valence-corrected chi connectivity index (χ3v) is 3.09. The van der Waals surface area contributed by atoms with Crippen molar-refractivity contribution >= 4 is 17.6 Å². The molecule has 16 heavy (non-hydrogen) atoms. The number of rotatable bonds is 2. The first-order valence-electron chi connectivity index (χ1n) is 4.35. The summed E-state index contributed by atoms with van der Waals surface area (Å²) in [5.74, 6) is 0.672. The number of hydrogen-bond acceptors (Lipinski definition) is 6. The van der Waals surface area contributed by atoms with E-state index in [4.69, 9.17) is 15.6 Å². The molecule has 6 nitrogen and oxygen atoms in total. The molecule has 2 atom stereocenters. The number of thioether (sulfide) groups is 1. The van der Waals surface area contributed by atoms with E-state index in [9.17, 15) is 4.79 Å². The third-order valence-electron chi connectivity index (χ3n) is 1.98. The summed E-state index contributed by atoms with van der Waals surface area (Å²) in [6.07, 6.45) is 1.03. The molecule has 1 aliphatic heterocycles. The molecule has 1 saturated heterocycles. The Balaban J connectivity index is 0.00000128. The van der Waals surface area contributed by atoms with E-state index in [1.807, 2.05) is 0 Å². The number of aromatic nitrogens is 2. The van der Waals surface area contributed by atoms with Crippen molar-refractivity contribution in [2.45, 2.75) is 11.7 Å². The second kappa shape index (κ2) is 6.11. The Morgan fingerprint density at radius 3 is 3.12 bits per heavy atom. The van der Waals surface area contributed by atoms with Gasteiger partial charge in [-0.25, -0.2) is 9.78 Å². The molecule has 2 heterocycles. The number of nitrogen functional groups attached to an aromatic ring is 1. The first kappa shape index (κ1) is 14.1. The van der Waals surface area contributed by atoms with Gasteiger partial charge in [-0.1, -0.05) is 5.82 Å². The second-order valence-corrected chi connectivity index (χ2v) is 4.19. The fourth-order valence-corrected chi connectivity index (χ4v) is 2.21. The maximum absolute atomic E-state index is 11.4. The van der Waals surface area contributed by atoms with Crippen LogP contribution in [-0.4, -0.2) is 32.5 Å². The van der Waals surface area contributed by atoms with E-state index in [0.717, 1.165) is 0 Å². The topological polar surface area (TPSA) is 90.4 Å². The fourth-order valence-electron chi connectivity index (χ4n) is 1.28. The van der Waals surface area contributed by atoms with Gasteiger partial charge in [0.1, 0.15) is 11.7 Å². The molecule has 0 amide bonds. The van der Waals surface area contributed by atoms with E-state index in [1.54, 1.807) is 0 Å². The van der Waals surface area contributed by atoms with Crippen molar-refractivity contribution in [3.8, 4) is 0 Å². The molecule has 1 unspecified atom stereocenters. The summed E-state index contributed by atoms with van der Waals surface area (Å²) in [6, 6.07) is 2.63. The monoisotopic (exact) mass is 317 g/mol. The van der Waals surface area contributed by atoms with E-state index in [2.05, 4.69) is 11.1 Å². The van der Waals surface area contributed by atoms with Gasteiger partial charge in [0.15, 0.2) is 0 Å². The minimum absolute atomic E-state index is 0. The van der Waals surface area contributed by atoms with Gasteiger partial charge in [-0.2, -0.15) is 6.20 Å². The van der Waals surface area contributed by atoms with Gasteiger partial charge in [-0.05, 0) is 0 Å². The average molecular weight is 317 g/mol. The van der Waals surface area contributed by atoms with Gasteiger partial charge in [0.2, 0.25) is 0 Å². The normalized spacial score (nSPS) is 24.1. The zero-order valence-electron chi connectivity index (χ0n) is 8.37. The van der Waals surface area contributed by atoms with Crippen LogP contribution in [0.15, 0.2) is 11.0 Å². The summed E-state index contributed by atoms with van der Waals surface area (Å²) in [7, 11) is 0. The van der Waals surface area contributed by atoms with Gasteiger partial charge in [0, 0.05) is 38.5 Å². The summed E-state index contributed by atoms with van der Waals surface area (Å²) >= 11 is 1.45. The largest absolute Gasteiger partial charge is 0.413 e. The van der Waals surface area contributed by atoms with Crippen LogP contribution in [0.1, 0.15) is 6.23 Å². The molecular formula is C8H10N3O3SY-. The predicted molar refractivity (Wildman–Crippen MR) is 55.2 cm³/mol. The Morgan fingerprint density at radius 1 is 1.81 bits per heavy atom. The van der Waals surface area contributed by atoms with Crippen LogP contribution in [0.5, 0.6) is 0 Å². The van der Waals surface area contributed by atoms with E-state index in [1.165, 1.54) is 22.5 Å². The van der Waals surface area contributed by atoms with Crippen molar-refractivity contribution in [1.29, 1.82) is 0 Å². The zero-order valence-corrected chi connectivity index (χ0v) is 12.0. The van der Waals surface area contributed by atoms with Gasteiger partial charge in [-0.3, -0.25) is 0 Å². The molecule has 0 aliphatic carbocycles. The van der Waals surface area contributed by atoms with Crippen LogP contribution in [0.4, 0.5) is 5.82 Å². The van der Waals surface area contributed by atoms with E-state index in [-0.39, 0.29) is 50.6 Å². The Kier molecular flexibility index (Phi) is 5.39. The van der Waals surface area contributed by atoms with E-state index in [0.29, 0.717) is 5.75 Å². The fraction of sp³-hybridized carbons (Fsp3) is 0.500. The van der Waals surface area contributed by atoms with Gasteiger partial charge in [-0.15, -0.1) is 11.8 Å². The van der Waals surface area contributed by atoms with Gasteiger partial charge in [0.05, 0.1) is 6.61 Å². The molecule has 1 radical (unpaired) electrons. The Labute approximate surface area is 121 Å². The van der Waals surface area contributed by atoms with Crippen LogP contribution in [0.3, 0.4) is 0 Å². The summed E-state index contributed by atoms with van der Waals surface area (Å²) in [6.45, 7) is -0.0674. The molecule has 0 aromatic carbocycles. The molecule has 2 rings (SSSR count). The predicted octanol–water partition coefficient (Wildman–Crippen LogP) is -0.796. The Morgan fingerprint density at radius 2 is 2.56 bits per heavy atom. The van der Waals surface area contributed by atoms with E-state index < -0.39 is 11.9 Å². The van der Waals surface area contributed by atoms with Gasteiger partial charge in [0.25, 0.3) is 0 Å². The first-order valence-corrected chi connectivity index (χ1v) is 5.40. The number of aliphatic hydroxyl groups is 1. The van der Waals surface area contributed by atoms with Crippen LogP contribution in [0.25, 0.3) is 0 Å². The maximum Gasteiger partial charge on any atom is 0.346 e. The summed E-state index contributed by atoms with van der Waals surface area (Å²) in [5, 5.41) is 8.87. The number of ether oxygens (including phenoxy) is 1. The summed E-state index contributed by atoms with van der Waals surface area (Å²) in [5.41, 5.74) is 4.57. The number of nitrogens with two attached hydrogens (primary N) is 1. The molecule has 0 spiro atoms. The Hall–Kier alpha value is 0.0539. The molecule has 3 N–H and O–H groups in total. The van der Waals surface area contributed by atoms with Crippen molar-refractivity contribution in [2.24, 2.45) is 0 Å². The molecular weight excluding hydrogens is 307 g/mol. The van der Waals surface area contributed by atoms with Crippen molar-refractivity contribution in [1.82, 2.24) is 9.55 Å². The van der Waals surface area contributed by atoms with Gasteiger partial charge >= 0.3 is 5.69 Å². The number of nitrogens with zero attached hydrogens (tertiary/aromatic N) is 2. The minimum atomic E-state index is -0.463. The number of hydrogen-bond donors (Lipinski definition) is 2. The van der Waals surface area contributed by atoms with E-state index >= 15 is 0 Å². The molecule has 0 saturated carbocycles. The van der Waals surface area contributed by atoms with Crippen molar-refractivity contribution in [2.75, 3.05) is 18.1 Å². The minimum Gasteiger partial charge on any atom is -0.413 e. The summed E-state index contributed by atoms with van der Waals surface area (Å²) in [4.78, 5) is 15.0. The molecule has 1 aromatic heterocycles. The number of anilines is 1. The third kappa shape index (κ3) is 3.04. The zero-order chi connectivity index (χ0) is 10.8. The van der Waals surface area contributed by atoms with Crippen LogP contribution in [0, 0.1) is 6.07 Å². The van der Waals surface area contributed by atoms with Crippen LogP contribution in [-0.2, 0) is 37.4 Å².